The summed E-state index contributed by atoms with van der Waals surface area (Å²) in [7, 11) is 1.28. The van der Waals surface area contributed by atoms with Crippen molar-refractivity contribution < 1.29 is 9.53 Å². The van der Waals surface area contributed by atoms with Crippen LogP contribution < -0.4 is 5.56 Å². The SMILES string of the molecule is COC(=O)Cn1nnnc1Sc1cc(=O)[nH]c(C)n1. The maximum Gasteiger partial charge on any atom is 0.327 e. The van der Waals surface area contributed by atoms with Crippen molar-refractivity contribution in [3.8, 4) is 0 Å². The van der Waals surface area contributed by atoms with Crippen LogP contribution in [0, 0.1) is 6.92 Å². The summed E-state index contributed by atoms with van der Waals surface area (Å²) in [6, 6.07) is 1.33. The van der Waals surface area contributed by atoms with Crippen LogP contribution in [0.1, 0.15) is 5.82 Å². The van der Waals surface area contributed by atoms with Crippen molar-refractivity contribution in [2.75, 3.05) is 7.11 Å². The van der Waals surface area contributed by atoms with Gasteiger partial charge in [0.2, 0.25) is 5.16 Å². The summed E-state index contributed by atoms with van der Waals surface area (Å²) in [5.41, 5.74) is -0.262. The molecule has 0 saturated heterocycles. The van der Waals surface area contributed by atoms with Gasteiger partial charge in [0.25, 0.3) is 5.56 Å². The molecule has 1 N–H and O–H groups in total. The third-order valence-corrected chi connectivity index (χ3v) is 2.93. The molecule has 0 saturated carbocycles. The van der Waals surface area contributed by atoms with E-state index in [1.807, 2.05) is 0 Å². The Labute approximate surface area is 111 Å². The van der Waals surface area contributed by atoms with Gasteiger partial charge >= 0.3 is 5.97 Å². The Morgan fingerprint density at radius 1 is 1.58 bits per heavy atom. The van der Waals surface area contributed by atoms with Crippen molar-refractivity contribution in [3.63, 3.8) is 0 Å². The van der Waals surface area contributed by atoms with Gasteiger partial charge in [0.1, 0.15) is 17.4 Å². The van der Waals surface area contributed by atoms with Crippen molar-refractivity contribution in [3.05, 3.63) is 22.2 Å². The van der Waals surface area contributed by atoms with Gasteiger partial charge in [-0.3, -0.25) is 9.59 Å². The number of methoxy groups -OCH3 is 1. The van der Waals surface area contributed by atoms with Crippen LogP contribution in [0.4, 0.5) is 0 Å². The molecule has 0 radical (unpaired) electrons. The number of rotatable bonds is 4. The molecule has 0 amide bonds. The fourth-order valence-corrected chi connectivity index (χ4v) is 2.07. The number of tetrazole rings is 1. The maximum absolute atomic E-state index is 11.3. The fraction of sp³-hybridized carbons (Fsp3) is 0.333. The molecular weight excluding hydrogens is 272 g/mol. The Kier molecular flexibility index (Phi) is 3.90. The third kappa shape index (κ3) is 3.37. The lowest BCUT2D eigenvalue weighted by Crippen LogP contribution is -2.14. The van der Waals surface area contributed by atoms with E-state index in [-0.39, 0.29) is 12.1 Å². The Morgan fingerprint density at radius 2 is 2.37 bits per heavy atom. The van der Waals surface area contributed by atoms with Crippen molar-refractivity contribution in [2.45, 2.75) is 23.7 Å². The summed E-state index contributed by atoms with van der Waals surface area (Å²) in [4.78, 5) is 29.1. The lowest BCUT2D eigenvalue weighted by molar-refractivity contribution is -0.141. The van der Waals surface area contributed by atoms with Crippen molar-refractivity contribution in [1.29, 1.82) is 0 Å². The summed E-state index contributed by atoms with van der Waals surface area (Å²) < 4.78 is 5.80. The molecule has 9 nitrogen and oxygen atoms in total. The van der Waals surface area contributed by atoms with Gasteiger partial charge in [-0.25, -0.2) is 9.67 Å². The van der Waals surface area contributed by atoms with Gasteiger partial charge in [-0.2, -0.15) is 0 Å². The van der Waals surface area contributed by atoms with Crippen LogP contribution in [0.2, 0.25) is 0 Å². The molecule has 2 aromatic rings. The molecule has 0 aliphatic heterocycles. The van der Waals surface area contributed by atoms with Gasteiger partial charge in [0.05, 0.1) is 7.11 Å². The summed E-state index contributed by atoms with van der Waals surface area (Å²) in [6.07, 6.45) is 0. The highest BCUT2D eigenvalue weighted by Gasteiger charge is 2.13. The first-order chi connectivity index (χ1) is 9.08. The Bertz CT molecular complexity index is 651. The molecular formula is C9H10N6O3S. The number of H-pyrrole nitrogens is 1. The molecule has 0 atom stereocenters. The van der Waals surface area contributed by atoms with E-state index in [0.29, 0.717) is 16.0 Å². The first kappa shape index (κ1) is 13.2. The molecule has 100 valence electrons. The van der Waals surface area contributed by atoms with E-state index in [4.69, 9.17) is 0 Å². The van der Waals surface area contributed by atoms with Crippen LogP contribution >= 0.6 is 11.8 Å². The first-order valence-corrected chi connectivity index (χ1v) is 5.99. The van der Waals surface area contributed by atoms with E-state index < -0.39 is 5.97 Å². The first-order valence-electron chi connectivity index (χ1n) is 5.17. The average molecular weight is 282 g/mol. The lowest BCUT2D eigenvalue weighted by Gasteiger charge is -2.02. The number of nitrogens with zero attached hydrogens (tertiary/aromatic N) is 5. The quantitative estimate of drug-likeness (QED) is 0.583. The molecule has 2 rings (SSSR count). The molecule has 0 fully saturated rings. The van der Waals surface area contributed by atoms with Gasteiger partial charge in [0, 0.05) is 6.07 Å². The van der Waals surface area contributed by atoms with Crippen LogP contribution in [0.15, 0.2) is 21.0 Å². The molecule has 10 heteroatoms. The second kappa shape index (κ2) is 5.61. The Morgan fingerprint density at radius 3 is 3.05 bits per heavy atom. The largest absolute Gasteiger partial charge is 0.468 e. The Hall–Kier alpha value is -2.23. The number of esters is 1. The van der Waals surface area contributed by atoms with Gasteiger partial charge < -0.3 is 9.72 Å². The minimum absolute atomic E-state index is 0.103. The molecule has 2 heterocycles. The highest BCUT2D eigenvalue weighted by Crippen LogP contribution is 2.21. The standard InChI is InChI=1S/C9H10N6O3S/c1-5-10-6(16)3-7(11-5)19-9-12-13-14-15(9)4-8(17)18-2/h3H,4H2,1-2H3,(H,10,11,16). The molecule has 0 aliphatic rings. The number of aromatic amines is 1. The summed E-state index contributed by atoms with van der Waals surface area (Å²) in [5, 5.41) is 11.7. The van der Waals surface area contributed by atoms with Crippen LogP contribution in [0.25, 0.3) is 0 Å². The topological polar surface area (TPSA) is 116 Å². The summed E-state index contributed by atoms with van der Waals surface area (Å²) in [6.45, 7) is 1.57. The smallest absolute Gasteiger partial charge is 0.327 e. The van der Waals surface area contributed by atoms with E-state index in [1.54, 1.807) is 6.92 Å². The maximum atomic E-state index is 11.3. The van der Waals surface area contributed by atoms with E-state index in [1.165, 1.54) is 17.9 Å². The van der Waals surface area contributed by atoms with E-state index in [2.05, 4.69) is 30.2 Å². The zero-order valence-electron chi connectivity index (χ0n) is 10.2. The predicted molar refractivity (Wildman–Crippen MR) is 63.6 cm³/mol. The summed E-state index contributed by atoms with van der Waals surface area (Å²) in [5.74, 6) is 0.0196. The predicted octanol–water partition coefficient (Wildman–Crippen LogP) is -0.611. The second-order valence-corrected chi connectivity index (χ2v) is 4.45. The monoisotopic (exact) mass is 282 g/mol. The second-order valence-electron chi connectivity index (χ2n) is 3.47. The zero-order chi connectivity index (χ0) is 13.8. The molecule has 0 spiro atoms. The molecule has 2 aromatic heterocycles. The minimum Gasteiger partial charge on any atom is -0.468 e. The van der Waals surface area contributed by atoms with Gasteiger partial charge in [-0.05, 0) is 29.1 Å². The molecule has 19 heavy (non-hydrogen) atoms. The van der Waals surface area contributed by atoms with Gasteiger partial charge in [-0.15, -0.1) is 5.10 Å². The number of hydrogen-bond acceptors (Lipinski definition) is 8. The van der Waals surface area contributed by atoms with Crippen molar-refractivity contribution in [2.24, 2.45) is 0 Å². The number of carbonyl (C=O) groups is 1. The zero-order valence-corrected chi connectivity index (χ0v) is 11.0. The minimum atomic E-state index is -0.468. The number of aryl methyl sites for hydroxylation is 1. The van der Waals surface area contributed by atoms with E-state index in [0.717, 1.165) is 11.8 Å². The van der Waals surface area contributed by atoms with Crippen LogP contribution in [-0.2, 0) is 16.1 Å². The molecule has 0 aliphatic carbocycles. The van der Waals surface area contributed by atoms with Crippen molar-refractivity contribution >= 4 is 17.7 Å². The van der Waals surface area contributed by atoms with Crippen LogP contribution in [0.3, 0.4) is 0 Å². The van der Waals surface area contributed by atoms with Crippen LogP contribution in [0.5, 0.6) is 0 Å². The number of aromatic nitrogens is 6. The Balaban J connectivity index is 2.21. The highest BCUT2D eigenvalue weighted by molar-refractivity contribution is 7.99. The normalized spacial score (nSPS) is 10.4. The molecule has 0 aromatic carbocycles. The van der Waals surface area contributed by atoms with Gasteiger partial charge in [0.15, 0.2) is 0 Å². The molecule has 0 unspecified atom stereocenters. The van der Waals surface area contributed by atoms with E-state index >= 15 is 0 Å². The fourth-order valence-electron chi connectivity index (χ4n) is 1.25. The molecule has 0 bridgehead atoms. The average Bonchev–Trinajstić information content (AvgIpc) is 2.75. The van der Waals surface area contributed by atoms with E-state index in [9.17, 15) is 9.59 Å². The van der Waals surface area contributed by atoms with Crippen molar-refractivity contribution in [1.82, 2.24) is 30.2 Å². The highest BCUT2D eigenvalue weighted by atomic mass is 32.2. The van der Waals surface area contributed by atoms with Gasteiger partial charge in [-0.1, -0.05) is 0 Å². The van der Waals surface area contributed by atoms with Crippen LogP contribution in [-0.4, -0.2) is 43.3 Å². The number of ether oxygens (including phenoxy) is 1. The number of carbonyl (C=O) groups excluding carboxylic acids is 1. The summed E-state index contributed by atoms with van der Waals surface area (Å²) >= 11 is 1.09. The number of nitrogens with one attached hydrogen (secondary N) is 1. The number of hydrogen-bond donors (Lipinski definition) is 1. The lowest BCUT2D eigenvalue weighted by atomic mass is 10.6. The third-order valence-electron chi connectivity index (χ3n) is 2.04.